The van der Waals surface area contributed by atoms with Crippen molar-refractivity contribution in [2.75, 3.05) is 0 Å². The topological polar surface area (TPSA) is 40.5 Å². The number of aryl methyl sites for hydroxylation is 1. The molecule has 1 N–H and O–H groups in total. The van der Waals surface area contributed by atoms with Crippen LogP contribution in [0.25, 0.3) is 0 Å². The molecule has 0 saturated heterocycles. The van der Waals surface area contributed by atoms with Crippen LogP contribution in [0.1, 0.15) is 55.7 Å². The zero-order valence-corrected chi connectivity index (χ0v) is 12.2. The largest absolute Gasteiger partial charge is 0.369 e. The van der Waals surface area contributed by atoms with Gasteiger partial charge < -0.3 is 10.0 Å². The van der Waals surface area contributed by atoms with Crippen LogP contribution in [0.3, 0.4) is 0 Å². The molecule has 3 aliphatic rings. The third-order valence-electron chi connectivity index (χ3n) is 5.25. The summed E-state index contributed by atoms with van der Waals surface area (Å²) in [6, 6.07) is 8.42. The molecule has 1 aliphatic heterocycles. The van der Waals surface area contributed by atoms with Crippen molar-refractivity contribution in [3.63, 3.8) is 0 Å². The number of rotatable bonds is 1. The van der Waals surface area contributed by atoms with Crippen LogP contribution in [0.15, 0.2) is 35.4 Å². The number of carbonyl (C=O) groups is 1. The Labute approximate surface area is 125 Å². The van der Waals surface area contributed by atoms with Crippen LogP contribution in [0, 0.1) is 0 Å². The molecule has 1 aromatic rings. The fourth-order valence-corrected chi connectivity index (χ4v) is 4.22. The molecule has 0 aromatic heterocycles. The number of nitrogens with zero attached hydrogens (tertiary/aromatic N) is 1. The van der Waals surface area contributed by atoms with Gasteiger partial charge in [0.05, 0.1) is 6.04 Å². The average Bonchev–Trinajstić information content (AvgIpc) is 2.79. The summed E-state index contributed by atoms with van der Waals surface area (Å²) in [6.07, 6.45) is 6.33. The molecule has 3 heteroatoms. The van der Waals surface area contributed by atoms with E-state index in [2.05, 4.69) is 18.2 Å². The summed E-state index contributed by atoms with van der Waals surface area (Å²) in [4.78, 5) is 14.5. The highest BCUT2D eigenvalue weighted by Crippen LogP contribution is 2.43. The molecule has 0 fully saturated rings. The van der Waals surface area contributed by atoms with Gasteiger partial charge in [0, 0.05) is 5.57 Å². The lowest BCUT2D eigenvalue weighted by molar-refractivity contribution is -0.136. The van der Waals surface area contributed by atoms with Crippen LogP contribution < -0.4 is 0 Å². The van der Waals surface area contributed by atoms with E-state index in [1.807, 2.05) is 6.07 Å². The van der Waals surface area contributed by atoms with E-state index >= 15 is 0 Å². The summed E-state index contributed by atoms with van der Waals surface area (Å²) in [7, 11) is 0. The van der Waals surface area contributed by atoms with Crippen molar-refractivity contribution < 1.29 is 9.90 Å². The Balaban J connectivity index is 1.71. The molecule has 4 rings (SSSR count). The van der Waals surface area contributed by atoms with Crippen molar-refractivity contribution in [1.29, 1.82) is 0 Å². The minimum atomic E-state index is -0.691. The number of carbonyl (C=O) groups excluding carboxylic acids is 1. The van der Waals surface area contributed by atoms with Gasteiger partial charge in [-0.3, -0.25) is 4.79 Å². The Morgan fingerprint density at radius 1 is 1.05 bits per heavy atom. The second-order valence-corrected chi connectivity index (χ2v) is 6.40. The molecule has 21 heavy (non-hydrogen) atoms. The van der Waals surface area contributed by atoms with Crippen LogP contribution in [0.2, 0.25) is 0 Å². The van der Waals surface area contributed by atoms with Gasteiger partial charge in [0.15, 0.2) is 6.23 Å². The van der Waals surface area contributed by atoms with Crippen molar-refractivity contribution in [3.05, 3.63) is 46.5 Å². The Morgan fingerprint density at radius 2 is 1.86 bits per heavy atom. The summed E-state index contributed by atoms with van der Waals surface area (Å²) in [5.41, 5.74) is 4.46. The Bertz CT molecular complexity index is 619. The lowest BCUT2D eigenvalue weighted by Crippen LogP contribution is -2.40. The van der Waals surface area contributed by atoms with E-state index < -0.39 is 6.23 Å². The number of hydrogen-bond acceptors (Lipinski definition) is 2. The number of hydrogen-bond donors (Lipinski definition) is 1. The van der Waals surface area contributed by atoms with Crippen LogP contribution in [-0.4, -0.2) is 22.1 Å². The van der Waals surface area contributed by atoms with E-state index in [-0.39, 0.29) is 11.9 Å². The third kappa shape index (κ3) is 1.95. The third-order valence-corrected chi connectivity index (χ3v) is 5.25. The smallest absolute Gasteiger partial charge is 0.252 e. The predicted molar refractivity (Wildman–Crippen MR) is 80.5 cm³/mol. The van der Waals surface area contributed by atoms with E-state index in [4.69, 9.17) is 0 Å². The number of benzene rings is 1. The molecule has 2 atom stereocenters. The van der Waals surface area contributed by atoms with Crippen molar-refractivity contribution in [2.45, 2.75) is 57.2 Å². The monoisotopic (exact) mass is 283 g/mol. The van der Waals surface area contributed by atoms with Gasteiger partial charge in [-0.15, -0.1) is 0 Å². The fraction of sp³-hybridized carbons (Fsp3) is 0.500. The van der Waals surface area contributed by atoms with Crippen molar-refractivity contribution in [1.82, 2.24) is 4.90 Å². The van der Waals surface area contributed by atoms with Crippen LogP contribution in [-0.2, 0) is 11.2 Å². The van der Waals surface area contributed by atoms with Crippen LogP contribution in [0.4, 0.5) is 0 Å². The summed E-state index contributed by atoms with van der Waals surface area (Å²) in [5, 5.41) is 10.7. The molecule has 3 nitrogen and oxygen atoms in total. The van der Waals surface area contributed by atoms with E-state index in [1.165, 1.54) is 11.1 Å². The summed E-state index contributed by atoms with van der Waals surface area (Å²) in [5.74, 6) is 0.0823. The SMILES string of the molecule is O=C1C2=C(CCCC2)C(O)N1C1CCCc2ccccc21. The highest BCUT2D eigenvalue weighted by Gasteiger charge is 2.43. The predicted octanol–water partition coefficient (Wildman–Crippen LogP) is 3.10. The van der Waals surface area contributed by atoms with E-state index in [0.29, 0.717) is 0 Å². The normalized spacial score (nSPS) is 28.6. The molecule has 0 saturated carbocycles. The van der Waals surface area contributed by atoms with Gasteiger partial charge >= 0.3 is 0 Å². The number of aliphatic hydroxyl groups is 1. The van der Waals surface area contributed by atoms with Gasteiger partial charge in [-0.25, -0.2) is 0 Å². The molecular weight excluding hydrogens is 262 g/mol. The standard InChI is InChI=1S/C18H21NO2/c20-17-14-9-3-4-10-15(14)18(21)19(17)16-11-5-7-12-6-1-2-8-13(12)16/h1-2,6,8,16-17,20H,3-5,7,9-11H2. The fourth-order valence-electron chi connectivity index (χ4n) is 4.22. The van der Waals surface area contributed by atoms with Crippen LogP contribution >= 0.6 is 0 Å². The molecule has 0 bridgehead atoms. The minimum Gasteiger partial charge on any atom is -0.369 e. The maximum atomic E-state index is 12.8. The molecule has 110 valence electrons. The Morgan fingerprint density at radius 3 is 2.71 bits per heavy atom. The van der Waals surface area contributed by atoms with Crippen molar-refractivity contribution in [3.8, 4) is 0 Å². The maximum absolute atomic E-state index is 12.8. The van der Waals surface area contributed by atoms with Crippen molar-refractivity contribution >= 4 is 5.91 Å². The first-order chi connectivity index (χ1) is 10.3. The lowest BCUT2D eigenvalue weighted by Gasteiger charge is -2.36. The van der Waals surface area contributed by atoms with Crippen molar-refractivity contribution in [2.24, 2.45) is 0 Å². The summed E-state index contributed by atoms with van der Waals surface area (Å²) >= 11 is 0. The van der Waals surface area contributed by atoms with Gasteiger partial charge in [0.25, 0.3) is 5.91 Å². The second kappa shape index (κ2) is 4.99. The molecule has 1 amide bonds. The van der Waals surface area contributed by atoms with Crippen LogP contribution in [0.5, 0.6) is 0 Å². The number of fused-ring (bicyclic) bond motifs is 1. The van der Waals surface area contributed by atoms with Gasteiger partial charge in [0.1, 0.15) is 0 Å². The first-order valence-corrected chi connectivity index (χ1v) is 8.08. The zero-order valence-electron chi connectivity index (χ0n) is 12.2. The minimum absolute atomic E-state index is 0.0445. The molecule has 0 spiro atoms. The Kier molecular flexibility index (Phi) is 3.11. The Hall–Kier alpha value is -1.61. The lowest BCUT2D eigenvalue weighted by atomic mass is 9.86. The van der Waals surface area contributed by atoms with E-state index in [1.54, 1.807) is 4.90 Å². The number of aliphatic hydroxyl groups excluding tert-OH is 1. The summed E-state index contributed by atoms with van der Waals surface area (Å²) < 4.78 is 0. The number of amides is 1. The molecule has 1 heterocycles. The average molecular weight is 283 g/mol. The first-order valence-electron chi connectivity index (χ1n) is 8.08. The van der Waals surface area contributed by atoms with E-state index in [0.717, 1.165) is 56.1 Å². The molecule has 2 unspecified atom stereocenters. The highest BCUT2D eigenvalue weighted by molar-refractivity contribution is 5.98. The first kappa shape index (κ1) is 13.1. The molecule has 2 aliphatic carbocycles. The maximum Gasteiger partial charge on any atom is 0.252 e. The summed E-state index contributed by atoms with van der Waals surface area (Å²) in [6.45, 7) is 0. The zero-order chi connectivity index (χ0) is 14.4. The van der Waals surface area contributed by atoms with Gasteiger partial charge in [0.2, 0.25) is 0 Å². The van der Waals surface area contributed by atoms with E-state index in [9.17, 15) is 9.90 Å². The quantitative estimate of drug-likeness (QED) is 0.860. The van der Waals surface area contributed by atoms with Gasteiger partial charge in [-0.05, 0) is 61.6 Å². The molecule has 1 aromatic carbocycles. The van der Waals surface area contributed by atoms with Gasteiger partial charge in [-0.1, -0.05) is 24.3 Å². The highest BCUT2D eigenvalue weighted by atomic mass is 16.3. The molecular formula is C18H21NO2. The van der Waals surface area contributed by atoms with Gasteiger partial charge in [-0.2, -0.15) is 0 Å². The second-order valence-electron chi connectivity index (χ2n) is 6.40. The molecule has 0 radical (unpaired) electrons.